The summed E-state index contributed by atoms with van der Waals surface area (Å²) in [6.07, 6.45) is 5.15. The highest BCUT2D eigenvalue weighted by Crippen LogP contribution is 2.38. The van der Waals surface area contributed by atoms with Crippen LogP contribution in [0.15, 0.2) is 58.9 Å². The van der Waals surface area contributed by atoms with Gasteiger partial charge in [0, 0.05) is 30.3 Å². The third-order valence-corrected chi connectivity index (χ3v) is 9.27. The maximum atomic E-state index is 15.2. The number of likely N-dealkylation sites (tertiary alicyclic amines) is 1. The van der Waals surface area contributed by atoms with E-state index in [0.717, 1.165) is 50.6 Å². The molecule has 2 aromatic heterocycles. The number of pyridine rings is 1. The number of carbonyl (C=O) groups is 1. The predicted molar refractivity (Wildman–Crippen MR) is 163 cm³/mol. The molecule has 0 spiro atoms. The fourth-order valence-corrected chi connectivity index (χ4v) is 7.04. The van der Waals surface area contributed by atoms with Crippen LogP contribution in [0.5, 0.6) is 28.1 Å². The number of aromatic nitrogens is 1. The minimum atomic E-state index is -4.21. The van der Waals surface area contributed by atoms with Crippen LogP contribution in [0.4, 0.5) is 14.9 Å². The van der Waals surface area contributed by atoms with Gasteiger partial charge in [-0.3, -0.25) is 9.71 Å². The largest absolute Gasteiger partial charge is 0.514 e. The SMILES string of the molecule is COC(=O)Oc1sccc1S(=O)(=O)Nc1ccc(Oc2ccnc3cc(OCCCN4CCCCC4)c(OC)cc23)c(F)c1. The number of fused-ring (bicyclic) bond motifs is 1. The van der Waals surface area contributed by atoms with E-state index < -0.39 is 22.0 Å². The van der Waals surface area contributed by atoms with Crippen LogP contribution in [0.3, 0.4) is 0 Å². The van der Waals surface area contributed by atoms with Gasteiger partial charge >= 0.3 is 6.16 Å². The number of carbonyl (C=O) groups excluding carboxylic acids is 1. The summed E-state index contributed by atoms with van der Waals surface area (Å²) in [5, 5.41) is 1.82. The summed E-state index contributed by atoms with van der Waals surface area (Å²) in [5.74, 6) is 0.411. The quantitative estimate of drug-likeness (QED) is 0.136. The van der Waals surface area contributed by atoms with E-state index in [-0.39, 0.29) is 21.4 Å². The maximum absolute atomic E-state index is 15.2. The first-order chi connectivity index (χ1) is 21.3. The average Bonchev–Trinajstić information content (AvgIpc) is 3.50. The van der Waals surface area contributed by atoms with E-state index >= 15 is 4.39 Å². The van der Waals surface area contributed by atoms with Gasteiger partial charge in [-0.1, -0.05) is 6.42 Å². The van der Waals surface area contributed by atoms with Gasteiger partial charge in [0.2, 0.25) is 5.06 Å². The Kier molecular flexibility index (Phi) is 10.0. The Morgan fingerprint density at radius 1 is 1.02 bits per heavy atom. The van der Waals surface area contributed by atoms with Gasteiger partial charge in [-0.15, -0.1) is 11.3 Å². The normalized spacial score (nSPS) is 13.8. The van der Waals surface area contributed by atoms with Crippen molar-refractivity contribution in [3.8, 4) is 28.1 Å². The second kappa shape index (κ2) is 14.1. The number of nitrogens with one attached hydrogen (secondary N) is 1. The van der Waals surface area contributed by atoms with Crippen molar-refractivity contribution in [2.24, 2.45) is 0 Å². The van der Waals surface area contributed by atoms with Crippen molar-refractivity contribution in [2.75, 3.05) is 45.2 Å². The van der Waals surface area contributed by atoms with Crippen molar-refractivity contribution >= 4 is 44.1 Å². The Morgan fingerprint density at radius 2 is 1.84 bits per heavy atom. The van der Waals surface area contributed by atoms with Crippen LogP contribution < -0.4 is 23.7 Å². The highest BCUT2D eigenvalue weighted by molar-refractivity contribution is 7.93. The van der Waals surface area contributed by atoms with Gasteiger partial charge in [0.15, 0.2) is 23.1 Å². The molecule has 1 aliphatic rings. The maximum Gasteiger partial charge on any atom is 0.514 e. The Morgan fingerprint density at radius 3 is 2.59 bits per heavy atom. The zero-order valence-electron chi connectivity index (χ0n) is 24.2. The number of sulfonamides is 1. The van der Waals surface area contributed by atoms with Crippen LogP contribution in [0.1, 0.15) is 25.7 Å². The molecule has 0 aliphatic carbocycles. The standard InChI is InChI=1S/C30H32FN3O8S2/c1-38-26-18-21-23(19-27(26)40-15-6-14-34-12-4-3-5-13-34)32-11-9-24(21)41-25-8-7-20(17-22(25)31)33-44(36,37)28-10-16-43-29(28)42-30(35)39-2/h7-11,16-19,33H,3-6,12-15H2,1-2H3. The van der Waals surface area contributed by atoms with E-state index in [4.69, 9.17) is 18.9 Å². The molecule has 11 nitrogen and oxygen atoms in total. The first kappa shape index (κ1) is 31.3. The monoisotopic (exact) mass is 645 g/mol. The summed E-state index contributed by atoms with van der Waals surface area (Å²) in [4.78, 5) is 18.0. The number of benzene rings is 2. The number of nitrogens with zero attached hydrogens (tertiary/aromatic N) is 2. The number of thiophene rings is 1. The lowest BCUT2D eigenvalue weighted by Crippen LogP contribution is -2.31. The molecule has 0 radical (unpaired) electrons. The number of ether oxygens (including phenoxy) is 5. The molecule has 0 saturated carbocycles. The van der Waals surface area contributed by atoms with E-state index in [2.05, 4.69) is 19.3 Å². The number of hydrogen-bond donors (Lipinski definition) is 1. The van der Waals surface area contributed by atoms with Crippen molar-refractivity contribution in [3.05, 3.63) is 59.9 Å². The molecule has 2 aromatic carbocycles. The number of rotatable bonds is 12. The third kappa shape index (κ3) is 7.49. The topological polar surface area (TPSA) is 126 Å². The molecule has 234 valence electrons. The van der Waals surface area contributed by atoms with Crippen molar-refractivity contribution in [1.82, 2.24) is 9.88 Å². The molecule has 0 atom stereocenters. The van der Waals surface area contributed by atoms with E-state index in [9.17, 15) is 13.2 Å². The van der Waals surface area contributed by atoms with Crippen LogP contribution in [-0.4, -0.2) is 64.9 Å². The van der Waals surface area contributed by atoms with Gasteiger partial charge in [-0.25, -0.2) is 17.6 Å². The van der Waals surface area contributed by atoms with E-state index in [1.807, 2.05) is 0 Å². The van der Waals surface area contributed by atoms with Gasteiger partial charge in [-0.05, 0) is 68.1 Å². The predicted octanol–water partition coefficient (Wildman–Crippen LogP) is 6.44. The van der Waals surface area contributed by atoms with Gasteiger partial charge < -0.3 is 28.6 Å². The minimum Gasteiger partial charge on any atom is -0.493 e. The lowest BCUT2D eigenvalue weighted by Gasteiger charge is -2.26. The molecule has 3 heterocycles. The van der Waals surface area contributed by atoms with Gasteiger partial charge in [0.05, 0.1) is 32.0 Å². The lowest BCUT2D eigenvalue weighted by atomic mass is 10.1. The summed E-state index contributed by atoms with van der Waals surface area (Å²) in [6, 6.07) is 9.98. The zero-order chi connectivity index (χ0) is 31.1. The summed E-state index contributed by atoms with van der Waals surface area (Å²) >= 11 is 0.892. The Balaban J connectivity index is 1.28. The van der Waals surface area contributed by atoms with Crippen molar-refractivity contribution in [2.45, 2.75) is 30.6 Å². The Hall–Kier alpha value is -4.14. The highest BCUT2D eigenvalue weighted by Gasteiger charge is 2.24. The Bertz CT molecular complexity index is 1720. The van der Waals surface area contributed by atoms with Crippen molar-refractivity contribution in [1.29, 1.82) is 0 Å². The van der Waals surface area contributed by atoms with Gasteiger partial charge in [0.1, 0.15) is 10.6 Å². The Labute approximate surface area is 258 Å². The third-order valence-electron chi connectivity index (χ3n) is 6.94. The first-order valence-electron chi connectivity index (χ1n) is 13.9. The van der Waals surface area contributed by atoms with E-state index in [1.165, 1.54) is 42.8 Å². The minimum absolute atomic E-state index is 0.0617. The van der Waals surface area contributed by atoms with Gasteiger partial charge in [0.25, 0.3) is 10.0 Å². The van der Waals surface area contributed by atoms with Crippen molar-refractivity contribution in [3.63, 3.8) is 0 Å². The van der Waals surface area contributed by atoms with Crippen LogP contribution in [0.25, 0.3) is 10.9 Å². The molecule has 1 aliphatic heterocycles. The van der Waals surface area contributed by atoms with Crippen LogP contribution >= 0.6 is 11.3 Å². The highest BCUT2D eigenvalue weighted by atomic mass is 32.2. The van der Waals surface area contributed by atoms with Crippen LogP contribution in [-0.2, 0) is 14.8 Å². The van der Waals surface area contributed by atoms with Crippen LogP contribution in [0, 0.1) is 5.82 Å². The summed E-state index contributed by atoms with van der Waals surface area (Å²) in [7, 11) is -1.57. The lowest BCUT2D eigenvalue weighted by molar-refractivity contribution is 0.122. The number of hydrogen-bond acceptors (Lipinski definition) is 11. The molecule has 14 heteroatoms. The summed E-state index contributed by atoms with van der Waals surface area (Å²) in [5.41, 5.74) is 0.508. The molecule has 0 bridgehead atoms. The summed E-state index contributed by atoms with van der Waals surface area (Å²) in [6.45, 7) is 3.78. The van der Waals surface area contributed by atoms with E-state index in [0.29, 0.717) is 34.8 Å². The number of methoxy groups -OCH3 is 2. The second-order valence-electron chi connectivity index (χ2n) is 9.91. The molecule has 44 heavy (non-hydrogen) atoms. The fraction of sp³-hybridized carbons (Fsp3) is 0.333. The molecule has 0 unspecified atom stereocenters. The van der Waals surface area contributed by atoms with E-state index in [1.54, 1.807) is 31.5 Å². The number of piperidine rings is 1. The van der Waals surface area contributed by atoms with Gasteiger partial charge in [-0.2, -0.15) is 0 Å². The fourth-order valence-electron chi connectivity index (χ4n) is 4.79. The molecule has 1 N–H and O–H groups in total. The number of halogens is 1. The molecule has 0 amide bonds. The molecule has 1 saturated heterocycles. The molecule has 4 aromatic rings. The van der Waals surface area contributed by atoms with Crippen molar-refractivity contribution < 1.29 is 41.3 Å². The molecule has 5 rings (SSSR count). The number of anilines is 1. The second-order valence-corrected chi connectivity index (χ2v) is 12.4. The zero-order valence-corrected chi connectivity index (χ0v) is 25.8. The molecular weight excluding hydrogens is 613 g/mol. The summed E-state index contributed by atoms with van der Waals surface area (Å²) < 4.78 is 70.1. The first-order valence-corrected chi connectivity index (χ1v) is 16.3. The van der Waals surface area contributed by atoms with Crippen LogP contribution in [0.2, 0.25) is 0 Å². The molecule has 1 fully saturated rings. The smallest absolute Gasteiger partial charge is 0.493 e. The average molecular weight is 646 g/mol. The molecular formula is C30H32FN3O8S2.